The van der Waals surface area contributed by atoms with E-state index < -0.39 is 20.7 Å². The van der Waals surface area contributed by atoms with Gasteiger partial charge in [-0.2, -0.15) is 4.31 Å². The van der Waals surface area contributed by atoms with Gasteiger partial charge in [-0.1, -0.05) is 23.7 Å². The van der Waals surface area contributed by atoms with Crippen molar-refractivity contribution in [2.45, 2.75) is 11.4 Å². The number of sulfonamides is 1. The summed E-state index contributed by atoms with van der Waals surface area (Å²) in [7, 11) is -2.59. The molecule has 0 fully saturated rings. The van der Waals surface area contributed by atoms with Crippen LogP contribution in [0.5, 0.6) is 0 Å². The second-order valence-electron chi connectivity index (χ2n) is 4.58. The zero-order chi connectivity index (χ0) is 15.6. The van der Waals surface area contributed by atoms with Crippen molar-refractivity contribution in [3.8, 4) is 0 Å². The van der Waals surface area contributed by atoms with Crippen molar-refractivity contribution in [2.24, 2.45) is 0 Å². The molecule has 2 N–H and O–H groups in total. The van der Waals surface area contributed by atoms with Crippen molar-refractivity contribution in [3.05, 3.63) is 58.9 Å². The lowest BCUT2D eigenvalue weighted by Gasteiger charge is -2.18. The maximum absolute atomic E-state index is 13.7. The Labute approximate surface area is 128 Å². The molecule has 0 heterocycles. The van der Waals surface area contributed by atoms with E-state index >= 15 is 0 Å². The maximum Gasteiger partial charge on any atom is 0.246 e. The van der Waals surface area contributed by atoms with E-state index in [4.69, 9.17) is 17.3 Å². The van der Waals surface area contributed by atoms with E-state index in [9.17, 15) is 12.8 Å². The van der Waals surface area contributed by atoms with Gasteiger partial charge in [-0.05, 0) is 35.9 Å². The molecule has 0 amide bonds. The van der Waals surface area contributed by atoms with Gasteiger partial charge in [-0.25, -0.2) is 12.8 Å². The highest BCUT2D eigenvalue weighted by molar-refractivity contribution is 7.89. The van der Waals surface area contributed by atoms with Crippen LogP contribution >= 0.6 is 11.6 Å². The first-order chi connectivity index (χ1) is 9.80. The zero-order valence-corrected chi connectivity index (χ0v) is 12.8. The molecule has 0 saturated carbocycles. The van der Waals surface area contributed by atoms with Crippen LogP contribution in [0.25, 0.3) is 0 Å². The molecule has 112 valence electrons. The molecule has 0 aromatic heterocycles. The number of nitrogens with zero attached hydrogens (tertiary/aromatic N) is 1. The van der Waals surface area contributed by atoms with Gasteiger partial charge in [0.2, 0.25) is 10.0 Å². The Morgan fingerprint density at radius 1 is 1.24 bits per heavy atom. The van der Waals surface area contributed by atoms with Crippen LogP contribution < -0.4 is 5.73 Å². The predicted molar refractivity (Wildman–Crippen MR) is 80.9 cm³/mol. The second-order valence-corrected chi connectivity index (χ2v) is 7.03. The van der Waals surface area contributed by atoms with Crippen LogP contribution in [-0.2, 0) is 16.6 Å². The lowest BCUT2D eigenvalue weighted by Crippen LogP contribution is -2.27. The van der Waals surface area contributed by atoms with Gasteiger partial charge >= 0.3 is 0 Å². The first kappa shape index (κ1) is 15.8. The summed E-state index contributed by atoms with van der Waals surface area (Å²) in [4.78, 5) is -0.438. The average Bonchev–Trinajstić information content (AvgIpc) is 2.41. The third-order valence-corrected chi connectivity index (χ3v) is 4.99. The SMILES string of the molecule is CN(Cc1cccc(Cl)c1)S(=O)(=O)c1cc(N)ccc1F. The summed E-state index contributed by atoms with van der Waals surface area (Å²) in [5, 5.41) is 0.508. The first-order valence-corrected chi connectivity index (χ1v) is 7.88. The van der Waals surface area contributed by atoms with E-state index in [2.05, 4.69) is 0 Å². The normalized spacial score (nSPS) is 11.8. The number of hydrogen-bond donors (Lipinski definition) is 1. The first-order valence-electron chi connectivity index (χ1n) is 6.06. The van der Waals surface area contributed by atoms with E-state index in [1.807, 2.05) is 0 Å². The third-order valence-electron chi connectivity index (χ3n) is 2.94. The standard InChI is InChI=1S/C14H14ClFN2O2S/c1-18(9-10-3-2-4-11(15)7-10)21(19,20)14-8-12(17)5-6-13(14)16/h2-8H,9,17H2,1H3. The maximum atomic E-state index is 13.7. The molecule has 7 heteroatoms. The minimum absolute atomic E-state index is 0.0805. The summed E-state index contributed by atoms with van der Waals surface area (Å²) in [5.41, 5.74) is 6.42. The van der Waals surface area contributed by atoms with E-state index in [-0.39, 0.29) is 12.2 Å². The van der Waals surface area contributed by atoms with E-state index in [0.29, 0.717) is 10.6 Å². The molecule has 0 spiro atoms. The van der Waals surface area contributed by atoms with Gasteiger partial charge in [0.25, 0.3) is 0 Å². The van der Waals surface area contributed by atoms with Crippen molar-refractivity contribution in [1.29, 1.82) is 0 Å². The van der Waals surface area contributed by atoms with E-state index in [1.165, 1.54) is 13.1 Å². The van der Waals surface area contributed by atoms with Crippen LogP contribution in [0, 0.1) is 5.82 Å². The largest absolute Gasteiger partial charge is 0.399 e. The van der Waals surface area contributed by atoms with Crippen LogP contribution in [-0.4, -0.2) is 19.8 Å². The quantitative estimate of drug-likeness (QED) is 0.878. The highest BCUT2D eigenvalue weighted by Crippen LogP contribution is 2.22. The van der Waals surface area contributed by atoms with Crippen LogP contribution in [0.1, 0.15) is 5.56 Å². The van der Waals surface area contributed by atoms with Crippen molar-refractivity contribution in [1.82, 2.24) is 4.31 Å². The zero-order valence-electron chi connectivity index (χ0n) is 11.3. The molecule has 0 bridgehead atoms. The minimum Gasteiger partial charge on any atom is -0.399 e. The number of hydrogen-bond acceptors (Lipinski definition) is 3. The summed E-state index contributed by atoms with van der Waals surface area (Å²) < 4.78 is 39.6. The number of benzene rings is 2. The van der Waals surface area contributed by atoms with Crippen LogP contribution in [0.15, 0.2) is 47.4 Å². The fourth-order valence-electron chi connectivity index (χ4n) is 1.86. The lowest BCUT2D eigenvalue weighted by atomic mass is 10.2. The second kappa shape index (κ2) is 6.01. The van der Waals surface area contributed by atoms with Crippen LogP contribution in [0.4, 0.5) is 10.1 Å². The highest BCUT2D eigenvalue weighted by atomic mass is 35.5. The Bertz CT molecular complexity index is 765. The van der Waals surface area contributed by atoms with Gasteiger partial charge in [0, 0.05) is 24.3 Å². The summed E-state index contributed by atoms with van der Waals surface area (Å²) in [6.07, 6.45) is 0. The van der Waals surface area contributed by atoms with Gasteiger partial charge in [-0.3, -0.25) is 0 Å². The van der Waals surface area contributed by atoms with Crippen LogP contribution in [0.3, 0.4) is 0 Å². The number of halogens is 2. The molecule has 0 saturated heterocycles. The predicted octanol–water partition coefficient (Wildman–Crippen LogP) is 2.88. The lowest BCUT2D eigenvalue weighted by molar-refractivity contribution is 0.460. The summed E-state index contributed by atoms with van der Waals surface area (Å²) in [5.74, 6) is -0.831. The minimum atomic E-state index is -3.97. The monoisotopic (exact) mass is 328 g/mol. The summed E-state index contributed by atoms with van der Waals surface area (Å²) >= 11 is 5.86. The molecule has 21 heavy (non-hydrogen) atoms. The van der Waals surface area contributed by atoms with Crippen molar-refractivity contribution >= 4 is 27.3 Å². The topological polar surface area (TPSA) is 63.4 Å². The molecule has 0 radical (unpaired) electrons. The smallest absolute Gasteiger partial charge is 0.246 e. The number of nitrogens with two attached hydrogens (primary N) is 1. The van der Waals surface area contributed by atoms with E-state index in [0.717, 1.165) is 16.4 Å². The molecule has 0 aliphatic carbocycles. The van der Waals surface area contributed by atoms with Gasteiger partial charge in [0.1, 0.15) is 10.7 Å². The fraction of sp³-hybridized carbons (Fsp3) is 0.143. The van der Waals surface area contributed by atoms with Gasteiger partial charge in [-0.15, -0.1) is 0 Å². The molecular formula is C14H14ClFN2O2S. The molecular weight excluding hydrogens is 315 g/mol. The summed E-state index contributed by atoms with van der Waals surface area (Å²) in [6.45, 7) is 0.0805. The third kappa shape index (κ3) is 3.53. The molecule has 4 nitrogen and oxygen atoms in total. The Morgan fingerprint density at radius 2 is 1.95 bits per heavy atom. The van der Waals surface area contributed by atoms with Gasteiger partial charge in [0.15, 0.2) is 0 Å². The molecule has 2 aromatic rings. The Hall–Kier alpha value is -1.63. The van der Waals surface area contributed by atoms with Crippen molar-refractivity contribution in [2.75, 3.05) is 12.8 Å². The van der Waals surface area contributed by atoms with Gasteiger partial charge in [0.05, 0.1) is 0 Å². The molecule has 0 atom stereocenters. The van der Waals surface area contributed by atoms with Crippen molar-refractivity contribution in [3.63, 3.8) is 0 Å². The summed E-state index contributed by atoms with van der Waals surface area (Å²) in [6, 6.07) is 10.3. The number of rotatable bonds is 4. The van der Waals surface area contributed by atoms with Crippen LogP contribution in [0.2, 0.25) is 5.02 Å². The molecule has 0 unspecified atom stereocenters. The average molecular weight is 329 g/mol. The highest BCUT2D eigenvalue weighted by Gasteiger charge is 2.24. The molecule has 0 aliphatic heterocycles. The Balaban J connectivity index is 2.33. The number of nitrogen functional groups attached to an aromatic ring is 1. The fourth-order valence-corrected chi connectivity index (χ4v) is 3.33. The van der Waals surface area contributed by atoms with Crippen molar-refractivity contribution < 1.29 is 12.8 Å². The number of anilines is 1. The molecule has 0 aliphatic rings. The Kier molecular flexibility index (Phi) is 4.51. The Morgan fingerprint density at radius 3 is 2.62 bits per heavy atom. The van der Waals surface area contributed by atoms with E-state index in [1.54, 1.807) is 24.3 Å². The molecule has 2 aromatic carbocycles. The molecule has 2 rings (SSSR count). The van der Waals surface area contributed by atoms with Gasteiger partial charge < -0.3 is 5.73 Å².